The largest absolute Gasteiger partial charge is 0.459 e. The summed E-state index contributed by atoms with van der Waals surface area (Å²) in [7, 11) is -3.33. The van der Waals surface area contributed by atoms with Crippen LogP contribution >= 0.6 is 0 Å². The first-order valence-corrected chi connectivity index (χ1v) is 8.45. The van der Waals surface area contributed by atoms with Gasteiger partial charge < -0.3 is 9.47 Å². The summed E-state index contributed by atoms with van der Waals surface area (Å²) in [6.07, 6.45) is 4.06. The van der Waals surface area contributed by atoms with Gasteiger partial charge in [0.15, 0.2) is 9.84 Å². The molecule has 6 heteroatoms. The van der Waals surface area contributed by atoms with Gasteiger partial charge in [-0.25, -0.2) is 13.2 Å². The fraction of sp³-hybridized carbons (Fsp3) is 0.500. The van der Waals surface area contributed by atoms with Crippen molar-refractivity contribution in [3.05, 3.63) is 29.8 Å². The maximum Gasteiger partial charge on any atom is 0.338 e. The van der Waals surface area contributed by atoms with Gasteiger partial charge in [0.25, 0.3) is 0 Å². The highest BCUT2D eigenvalue weighted by Crippen LogP contribution is 2.15. The van der Waals surface area contributed by atoms with Crippen LogP contribution in [0.5, 0.6) is 0 Å². The lowest BCUT2D eigenvalue weighted by molar-refractivity contribution is -0.0300. The van der Waals surface area contributed by atoms with Crippen LogP contribution in [0.15, 0.2) is 29.2 Å². The maximum atomic E-state index is 11.9. The smallest absolute Gasteiger partial charge is 0.338 e. The molecule has 0 spiro atoms. The molecular formula is C14H18O5S. The van der Waals surface area contributed by atoms with Crippen molar-refractivity contribution in [3.63, 3.8) is 0 Å². The molecule has 0 bridgehead atoms. The Bertz CT molecular complexity index is 573. The van der Waals surface area contributed by atoms with Crippen LogP contribution in [0.2, 0.25) is 0 Å². The molecule has 0 radical (unpaired) electrons. The van der Waals surface area contributed by atoms with Gasteiger partial charge in [-0.05, 0) is 37.5 Å². The van der Waals surface area contributed by atoms with Gasteiger partial charge in [0.05, 0.1) is 16.6 Å². The van der Waals surface area contributed by atoms with Gasteiger partial charge in [0.1, 0.15) is 6.61 Å². The third-order valence-electron chi connectivity index (χ3n) is 3.17. The summed E-state index contributed by atoms with van der Waals surface area (Å²) in [5, 5.41) is 0. The average Bonchev–Trinajstić information content (AvgIpc) is 2.45. The highest BCUT2D eigenvalue weighted by molar-refractivity contribution is 7.90. The van der Waals surface area contributed by atoms with Crippen LogP contribution in [0.25, 0.3) is 0 Å². The Morgan fingerprint density at radius 2 is 2.20 bits per heavy atom. The number of sulfone groups is 1. The molecule has 1 saturated heterocycles. The SMILES string of the molecule is CS(=O)(=O)c1cccc(C(=O)OCC2CCCCO2)c1. The molecule has 1 fully saturated rings. The fourth-order valence-corrected chi connectivity index (χ4v) is 2.71. The summed E-state index contributed by atoms with van der Waals surface area (Å²) < 4.78 is 33.5. The second-order valence-corrected chi connectivity index (χ2v) is 6.90. The van der Waals surface area contributed by atoms with Gasteiger partial charge in [-0.2, -0.15) is 0 Å². The first-order chi connectivity index (χ1) is 9.47. The van der Waals surface area contributed by atoms with E-state index in [1.165, 1.54) is 18.2 Å². The summed E-state index contributed by atoms with van der Waals surface area (Å²) in [5.41, 5.74) is 0.240. The fourth-order valence-electron chi connectivity index (χ4n) is 2.04. The van der Waals surface area contributed by atoms with Crippen LogP contribution in [0.1, 0.15) is 29.6 Å². The van der Waals surface area contributed by atoms with Gasteiger partial charge in [0.2, 0.25) is 0 Å². The molecule has 0 N–H and O–H groups in total. The Morgan fingerprint density at radius 1 is 1.40 bits per heavy atom. The molecule has 0 saturated carbocycles. The normalized spacial score (nSPS) is 19.6. The van der Waals surface area contributed by atoms with Gasteiger partial charge in [-0.1, -0.05) is 6.07 Å². The van der Waals surface area contributed by atoms with Crippen molar-refractivity contribution < 1.29 is 22.7 Å². The zero-order valence-corrected chi connectivity index (χ0v) is 12.2. The molecule has 20 heavy (non-hydrogen) atoms. The molecule has 1 heterocycles. The summed E-state index contributed by atoms with van der Waals surface area (Å²) in [4.78, 5) is 12.0. The molecule has 1 unspecified atom stereocenters. The van der Waals surface area contributed by atoms with E-state index in [4.69, 9.17) is 9.47 Å². The Hall–Kier alpha value is -1.40. The third-order valence-corrected chi connectivity index (χ3v) is 4.28. The monoisotopic (exact) mass is 298 g/mol. The molecule has 0 aromatic heterocycles. The van der Waals surface area contributed by atoms with Crippen molar-refractivity contribution in [2.45, 2.75) is 30.3 Å². The second kappa shape index (κ2) is 6.37. The molecule has 1 atom stereocenters. The lowest BCUT2D eigenvalue weighted by atomic mass is 10.1. The van der Waals surface area contributed by atoms with Crippen LogP contribution in [0, 0.1) is 0 Å². The van der Waals surface area contributed by atoms with E-state index in [0.29, 0.717) is 6.61 Å². The maximum absolute atomic E-state index is 11.9. The highest BCUT2D eigenvalue weighted by atomic mass is 32.2. The number of rotatable bonds is 4. The van der Waals surface area contributed by atoms with Crippen LogP contribution in [0.4, 0.5) is 0 Å². The topological polar surface area (TPSA) is 69.7 Å². The molecule has 0 aliphatic carbocycles. The molecule has 110 valence electrons. The number of carbonyl (C=O) groups excluding carboxylic acids is 1. The lowest BCUT2D eigenvalue weighted by Crippen LogP contribution is -2.26. The molecule has 1 aliphatic heterocycles. The number of ether oxygens (including phenoxy) is 2. The Balaban J connectivity index is 1.98. The molecule has 1 aromatic carbocycles. The number of benzene rings is 1. The van der Waals surface area contributed by atoms with Crippen molar-refractivity contribution in [1.82, 2.24) is 0 Å². The zero-order chi connectivity index (χ0) is 14.6. The van der Waals surface area contributed by atoms with E-state index in [0.717, 1.165) is 25.5 Å². The van der Waals surface area contributed by atoms with Crippen LogP contribution in [-0.2, 0) is 19.3 Å². The van der Waals surface area contributed by atoms with E-state index in [1.54, 1.807) is 6.07 Å². The van der Waals surface area contributed by atoms with Crippen molar-refractivity contribution in [3.8, 4) is 0 Å². The lowest BCUT2D eigenvalue weighted by Gasteiger charge is -2.22. The van der Waals surface area contributed by atoms with Crippen molar-refractivity contribution in [2.24, 2.45) is 0 Å². The summed E-state index contributed by atoms with van der Waals surface area (Å²) in [6.45, 7) is 0.910. The molecule has 1 aromatic rings. The summed E-state index contributed by atoms with van der Waals surface area (Å²) in [6, 6.07) is 5.86. The predicted octanol–water partition coefficient (Wildman–Crippen LogP) is 1.82. The van der Waals surface area contributed by atoms with Gasteiger partial charge in [0, 0.05) is 12.9 Å². The van der Waals surface area contributed by atoms with Crippen molar-refractivity contribution in [2.75, 3.05) is 19.5 Å². The number of hydrogen-bond donors (Lipinski definition) is 0. The summed E-state index contributed by atoms with van der Waals surface area (Å²) >= 11 is 0. The Morgan fingerprint density at radius 3 is 2.85 bits per heavy atom. The number of hydrogen-bond acceptors (Lipinski definition) is 5. The van der Waals surface area contributed by atoms with Crippen molar-refractivity contribution in [1.29, 1.82) is 0 Å². The zero-order valence-electron chi connectivity index (χ0n) is 11.4. The van der Waals surface area contributed by atoms with E-state index in [-0.39, 0.29) is 23.2 Å². The Labute approximate surface area is 118 Å². The predicted molar refractivity (Wildman–Crippen MR) is 73.4 cm³/mol. The molecule has 5 nitrogen and oxygen atoms in total. The number of carbonyl (C=O) groups is 1. The van der Waals surface area contributed by atoms with E-state index in [9.17, 15) is 13.2 Å². The van der Waals surface area contributed by atoms with E-state index < -0.39 is 15.8 Å². The second-order valence-electron chi connectivity index (χ2n) is 4.89. The van der Waals surface area contributed by atoms with E-state index in [2.05, 4.69) is 0 Å². The first kappa shape index (κ1) is 15.0. The molecule has 2 rings (SSSR count). The van der Waals surface area contributed by atoms with Gasteiger partial charge >= 0.3 is 5.97 Å². The van der Waals surface area contributed by atoms with Crippen LogP contribution in [-0.4, -0.2) is 40.0 Å². The number of esters is 1. The minimum Gasteiger partial charge on any atom is -0.459 e. The van der Waals surface area contributed by atoms with Gasteiger partial charge in [-0.3, -0.25) is 0 Å². The Kier molecular flexibility index (Phi) is 4.77. The standard InChI is InChI=1S/C14H18O5S/c1-20(16,17)13-7-4-5-11(9-13)14(15)19-10-12-6-2-3-8-18-12/h4-5,7,9,12H,2-3,6,8,10H2,1H3. The molecule has 0 amide bonds. The van der Waals surface area contributed by atoms with E-state index >= 15 is 0 Å². The molecule has 1 aliphatic rings. The van der Waals surface area contributed by atoms with Crippen molar-refractivity contribution >= 4 is 15.8 Å². The minimum atomic E-state index is -3.33. The average molecular weight is 298 g/mol. The van der Waals surface area contributed by atoms with Crippen LogP contribution < -0.4 is 0 Å². The minimum absolute atomic E-state index is 0.0502. The first-order valence-electron chi connectivity index (χ1n) is 6.55. The van der Waals surface area contributed by atoms with Crippen LogP contribution in [0.3, 0.4) is 0 Å². The third kappa shape index (κ3) is 4.05. The highest BCUT2D eigenvalue weighted by Gasteiger charge is 2.17. The van der Waals surface area contributed by atoms with Gasteiger partial charge in [-0.15, -0.1) is 0 Å². The molecular weight excluding hydrogens is 280 g/mol. The quantitative estimate of drug-likeness (QED) is 0.793. The van der Waals surface area contributed by atoms with E-state index in [1.807, 2.05) is 0 Å². The summed E-state index contributed by atoms with van der Waals surface area (Å²) in [5.74, 6) is -0.523.